The number of allylic oxidation sites excluding steroid dienone is 7. The van der Waals surface area contributed by atoms with E-state index in [4.69, 9.17) is 0 Å². The van der Waals surface area contributed by atoms with Crippen LogP contribution in [0.1, 0.15) is 38.3 Å². The van der Waals surface area contributed by atoms with E-state index in [0.717, 1.165) is 24.0 Å². The van der Waals surface area contributed by atoms with Crippen molar-refractivity contribution in [1.82, 2.24) is 0 Å². The van der Waals surface area contributed by atoms with Crippen LogP contribution in [0.2, 0.25) is 0 Å². The van der Waals surface area contributed by atoms with Crippen molar-refractivity contribution in [2.75, 3.05) is 7.05 Å². The third-order valence-corrected chi connectivity index (χ3v) is 5.55. The van der Waals surface area contributed by atoms with Gasteiger partial charge < -0.3 is 5.73 Å². The number of hydrogen-bond acceptors (Lipinski definition) is 1. The summed E-state index contributed by atoms with van der Waals surface area (Å²) in [6.45, 7) is 14.2. The van der Waals surface area contributed by atoms with E-state index in [9.17, 15) is 0 Å². The Kier molecular flexibility index (Phi) is 10.3. The average Bonchev–Trinajstić information content (AvgIpc) is 2.87. The van der Waals surface area contributed by atoms with Crippen LogP contribution in [0, 0.1) is 0 Å². The van der Waals surface area contributed by atoms with Crippen LogP contribution >= 0.6 is 0 Å². The first-order valence-electron chi connectivity index (χ1n) is 11.5. The Morgan fingerprint density at radius 2 is 1.55 bits per heavy atom. The minimum Gasteiger partial charge on any atom is -0.333 e. The fraction of sp³-hybridized carbons (Fsp3) is 0.188. The molecule has 1 heteroatoms. The molecule has 0 unspecified atom stereocenters. The standard InChI is InChI=1S/C27H24.C4H8.CH5N/c1-19(2)11-12-20(3)22-13-14-24-18-25(16-15-23(24)17-22)27-10-6-8-21-7-4-5-9-26(21)27;1-3-4-2;1-2/h4-12,15-18H,1,3,13-14H2,2H3;3-4H,1-2H3;2H2,1H3/b12-11-;4-3-;. The molecule has 1 nitrogen and oxygen atoms in total. The van der Waals surface area contributed by atoms with Crippen molar-refractivity contribution in [1.29, 1.82) is 0 Å². The molecule has 0 saturated heterocycles. The topological polar surface area (TPSA) is 26.0 Å². The molecule has 3 aromatic carbocycles. The lowest BCUT2D eigenvalue weighted by Gasteiger charge is -2.18. The predicted octanol–water partition coefficient (Wildman–Crippen LogP) is 8.68. The van der Waals surface area contributed by atoms with Crippen molar-refractivity contribution >= 4 is 16.8 Å². The largest absolute Gasteiger partial charge is 0.333 e. The van der Waals surface area contributed by atoms with Gasteiger partial charge in [-0.3, -0.25) is 0 Å². The minimum atomic E-state index is 1.03. The second-order valence-electron chi connectivity index (χ2n) is 7.98. The molecule has 0 heterocycles. The van der Waals surface area contributed by atoms with Crippen LogP contribution < -0.4 is 5.73 Å². The van der Waals surface area contributed by atoms with E-state index in [1.165, 1.54) is 45.6 Å². The number of fused-ring (bicyclic) bond motifs is 2. The van der Waals surface area contributed by atoms with E-state index in [-0.39, 0.29) is 0 Å². The highest BCUT2D eigenvalue weighted by atomic mass is 14.4. The molecule has 2 N–H and O–H groups in total. The van der Waals surface area contributed by atoms with Crippen LogP contribution in [-0.4, -0.2) is 7.05 Å². The molecule has 1 aliphatic carbocycles. The number of aryl methyl sites for hydroxylation is 1. The molecular formula is C32H37N. The summed E-state index contributed by atoms with van der Waals surface area (Å²) in [5.41, 5.74) is 13.3. The Morgan fingerprint density at radius 1 is 0.848 bits per heavy atom. The van der Waals surface area contributed by atoms with E-state index in [1.807, 2.05) is 39.0 Å². The molecular weight excluding hydrogens is 398 g/mol. The summed E-state index contributed by atoms with van der Waals surface area (Å²) in [5.74, 6) is 0. The van der Waals surface area contributed by atoms with Gasteiger partial charge in [0.2, 0.25) is 0 Å². The lowest BCUT2D eigenvalue weighted by Crippen LogP contribution is -2.01. The van der Waals surface area contributed by atoms with Crippen molar-refractivity contribution in [3.8, 4) is 11.1 Å². The monoisotopic (exact) mass is 435 g/mol. The molecule has 0 bridgehead atoms. The maximum absolute atomic E-state index is 4.50. The predicted molar refractivity (Wildman–Crippen MR) is 149 cm³/mol. The van der Waals surface area contributed by atoms with Gasteiger partial charge in [-0.15, -0.1) is 0 Å². The maximum atomic E-state index is 4.50. The SMILES string of the molecule is C/C=C\C.C=C(C)/C=C\C(=C)C1=Cc2ccc(-c3cccc4ccccc34)cc2CC1.CN. The third-order valence-electron chi connectivity index (χ3n) is 5.55. The summed E-state index contributed by atoms with van der Waals surface area (Å²) in [4.78, 5) is 0. The number of rotatable bonds is 4. The summed E-state index contributed by atoms with van der Waals surface area (Å²) in [6.07, 6.45) is 12.5. The molecule has 0 amide bonds. The van der Waals surface area contributed by atoms with E-state index in [1.54, 1.807) is 0 Å². The van der Waals surface area contributed by atoms with Gasteiger partial charge in [0, 0.05) is 0 Å². The van der Waals surface area contributed by atoms with Crippen LogP contribution in [0.5, 0.6) is 0 Å². The number of benzene rings is 3. The molecule has 170 valence electrons. The van der Waals surface area contributed by atoms with E-state index < -0.39 is 0 Å². The second kappa shape index (κ2) is 13.2. The molecule has 1 aliphatic rings. The molecule has 0 fully saturated rings. The highest BCUT2D eigenvalue weighted by Crippen LogP contribution is 2.34. The zero-order valence-electron chi connectivity index (χ0n) is 20.6. The van der Waals surface area contributed by atoms with Crippen LogP contribution in [0.25, 0.3) is 28.0 Å². The zero-order chi connectivity index (χ0) is 24.2. The van der Waals surface area contributed by atoms with Gasteiger partial charge in [0.05, 0.1) is 0 Å². The fourth-order valence-electron chi connectivity index (χ4n) is 3.74. The normalized spacial score (nSPS) is 12.3. The Morgan fingerprint density at radius 3 is 2.24 bits per heavy atom. The highest BCUT2D eigenvalue weighted by molar-refractivity contribution is 5.96. The van der Waals surface area contributed by atoms with Gasteiger partial charge in [-0.05, 0) is 84.8 Å². The van der Waals surface area contributed by atoms with Crippen molar-refractivity contribution in [3.63, 3.8) is 0 Å². The minimum absolute atomic E-state index is 1.03. The summed E-state index contributed by atoms with van der Waals surface area (Å²) in [7, 11) is 1.50. The van der Waals surface area contributed by atoms with Crippen molar-refractivity contribution in [2.24, 2.45) is 5.73 Å². The molecule has 33 heavy (non-hydrogen) atoms. The first-order valence-corrected chi connectivity index (χ1v) is 11.5. The van der Waals surface area contributed by atoms with Crippen molar-refractivity contribution in [3.05, 3.63) is 126 Å². The summed E-state index contributed by atoms with van der Waals surface area (Å²) in [5, 5.41) is 2.60. The molecule has 0 saturated carbocycles. The van der Waals surface area contributed by atoms with Crippen LogP contribution in [0.3, 0.4) is 0 Å². The van der Waals surface area contributed by atoms with E-state index in [0.29, 0.717) is 0 Å². The van der Waals surface area contributed by atoms with Gasteiger partial charge in [-0.2, -0.15) is 0 Å². The van der Waals surface area contributed by atoms with Gasteiger partial charge in [-0.1, -0.05) is 110 Å². The molecule has 0 aliphatic heterocycles. The highest BCUT2D eigenvalue weighted by Gasteiger charge is 2.13. The van der Waals surface area contributed by atoms with E-state index in [2.05, 4.69) is 91.7 Å². The van der Waals surface area contributed by atoms with Crippen LogP contribution in [-0.2, 0) is 6.42 Å². The third kappa shape index (κ3) is 7.03. The lowest BCUT2D eigenvalue weighted by molar-refractivity contribution is 0.942. The summed E-state index contributed by atoms with van der Waals surface area (Å²) < 4.78 is 0. The zero-order valence-corrected chi connectivity index (χ0v) is 20.6. The Balaban J connectivity index is 0.000000582. The first-order chi connectivity index (χ1) is 16.0. The molecule has 4 rings (SSSR count). The van der Waals surface area contributed by atoms with Gasteiger partial charge in [0.25, 0.3) is 0 Å². The summed E-state index contributed by atoms with van der Waals surface area (Å²) in [6, 6.07) is 22.0. The molecule has 0 aromatic heterocycles. The number of nitrogens with two attached hydrogens (primary N) is 1. The van der Waals surface area contributed by atoms with Crippen LogP contribution in [0.4, 0.5) is 0 Å². The number of hydrogen-bond donors (Lipinski definition) is 1. The van der Waals surface area contributed by atoms with Gasteiger partial charge >= 0.3 is 0 Å². The fourth-order valence-corrected chi connectivity index (χ4v) is 3.74. The smallest absolute Gasteiger partial charge is 0.0105 e. The Bertz CT molecular complexity index is 1180. The van der Waals surface area contributed by atoms with Crippen molar-refractivity contribution in [2.45, 2.75) is 33.6 Å². The Hall–Kier alpha value is -3.42. The van der Waals surface area contributed by atoms with Crippen LogP contribution in [0.15, 0.2) is 115 Å². The molecule has 0 atom stereocenters. The molecule has 0 radical (unpaired) electrons. The maximum Gasteiger partial charge on any atom is -0.0105 e. The van der Waals surface area contributed by atoms with Crippen molar-refractivity contribution < 1.29 is 0 Å². The second-order valence-corrected chi connectivity index (χ2v) is 7.98. The quantitative estimate of drug-likeness (QED) is 0.322. The van der Waals surface area contributed by atoms with Gasteiger partial charge in [0.1, 0.15) is 0 Å². The first kappa shape index (κ1) is 25.8. The average molecular weight is 436 g/mol. The summed E-state index contributed by atoms with van der Waals surface area (Å²) >= 11 is 0. The molecule has 3 aromatic rings. The molecule has 0 spiro atoms. The van der Waals surface area contributed by atoms with E-state index >= 15 is 0 Å². The Labute approximate surface area is 200 Å². The lowest BCUT2D eigenvalue weighted by atomic mass is 9.86. The van der Waals surface area contributed by atoms with Gasteiger partial charge in [0.15, 0.2) is 0 Å². The van der Waals surface area contributed by atoms with Gasteiger partial charge in [-0.25, -0.2) is 0 Å².